The number of halogens is 2. The van der Waals surface area contributed by atoms with Crippen LogP contribution in [0.2, 0.25) is 0 Å². The Balaban J connectivity index is 1.21. The fourth-order valence-electron chi connectivity index (χ4n) is 5.12. The van der Waals surface area contributed by atoms with Gasteiger partial charge in [0.25, 0.3) is 5.56 Å². The number of fused-ring (bicyclic) bond motifs is 2. The predicted octanol–water partition coefficient (Wildman–Crippen LogP) is 1.29. The van der Waals surface area contributed by atoms with Gasteiger partial charge in [0, 0.05) is 12.2 Å². The van der Waals surface area contributed by atoms with Crippen LogP contribution < -0.4 is 17.0 Å². The number of imidazole rings is 2. The molecule has 7 N–H and O–H groups in total. The Morgan fingerprint density at radius 1 is 1.26 bits per heavy atom. The van der Waals surface area contributed by atoms with Crippen molar-refractivity contribution >= 4 is 83.9 Å². The molecule has 2 aliphatic rings. The van der Waals surface area contributed by atoms with Crippen LogP contribution in [0.5, 0.6) is 0 Å². The number of thiol groups is 1. The average molecular weight is 742 g/mol. The average Bonchev–Trinajstić information content (AvgIpc) is 3.74. The van der Waals surface area contributed by atoms with Crippen LogP contribution in [-0.4, -0.2) is 98.2 Å². The molecule has 18 nitrogen and oxygen atoms in total. The number of nitrogens with one attached hydrogen (secondary N) is 1. The molecule has 0 amide bonds. The molecule has 2 saturated heterocycles. The van der Waals surface area contributed by atoms with Gasteiger partial charge in [0.1, 0.15) is 54.4 Å². The van der Waals surface area contributed by atoms with Gasteiger partial charge in [-0.3, -0.25) is 23.4 Å². The summed E-state index contributed by atoms with van der Waals surface area (Å²) < 4.78 is 67.6. The number of hydrogen-bond donors (Lipinski definition) is 6. The van der Waals surface area contributed by atoms with Crippen molar-refractivity contribution in [1.82, 2.24) is 39.0 Å². The van der Waals surface area contributed by atoms with E-state index < -0.39 is 67.9 Å². The standard InChI is InChI=1S/C21H24F2N10O8P2S3/c22-9-12(34)8(40-18(9)32-6-28-10-14(24)26-5-27-15(10)32)3-39-43(37,45)41-13-19(46-4-21(13,23)1-2-38-42(36)44)33-7-29-11-16(33)30-20(25)31-17(11)35/h5-9,12-13,18-19,34H,1-4H2,(H6-,24,25,26,27,30,31,35,36,37,44,45)/p+1/t8-,9+,12-,13+,18-,19-,21-,43?/m1/s1. The molecule has 4 aromatic rings. The summed E-state index contributed by atoms with van der Waals surface area (Å²) in [4.78, 5) is 45.9. The molecule has 46 heavy (non-hydrogen) atoms. The summed E-state index contributed by atoms with van der Waals surface area (Å²) in [5, 5.41) is 9.58. The first-order chi connectivity index (χ1) is 21.8. The molecule has 2 fully saturated rings. The van der Waals surface area contributed by atoms with Crippen molar-refractivity contribution in [2.45, 2.75) is 48.2 Å². The van der Waals surface area contributed by atoms with Crippen LogP contribution in [0.4, 0.5) is 20.5 Å². The van der Waals surface area contributed by atoms with Gasteiger partial charge in [0.2, 0.25) is 5.95 Å². The SMILES string of the molecule is Nc1nc2c(ncn2[C@@H]2SC[C@](F)(CCO[P+](=O)S)[C@H]2OP(O)(=S)OC[C@H]2O[C@@H](n3cnc4c(N)ncnc43)[C@@H](F)[C@@H]2O)c(=O)[nH]1. The van der Waals surface area contributed by atoms with E-state index >= 15 is 8.78 Å². The minimum atomic E-state index is -4.37. The molecule has 248 valence electrons. The first kappa shape index (κ1) is 33.5. The molecular weight excluding hydrogens is 716 g/mol. The monoisotopic (exact) mass is 741 g/mol. The first-order valence-electron chi connectivity index (χ1n) is 13.2. The van der Waals surface area contributed by atoms with Gasteiger partial charge >= 0.3 is 13.9 Å². The van der Waals surface area contributed by atoms with E-state index in [2.05, 4.69) is 42.2 Å². The normalized spacial score (nSPS) is 29.9. The number of nitrogens with zero attached hydrogens (tertiary/aromatic N) is 7. The summed E-state index contributed by atoms with van der Waals surface area (Å²) in [6.07, 6.45) is -4.77. The zero-order chi connectivity index (χ0) is 33.0. The van der Waals surface area contributed by atoms with Gasteiger partial charge in [0.15, 0.2) is 40.7 Å². The van der Waals surface area contributed by atoms with Gasteiger partial charge < -0.3 is 30.7 Å². The van der Waals surface area contributed by atoms with Crippen molar-refractivity contribution in [2.75, 3.05) is 30.4 Å². The lowest BCUT2D eigenvalue weighted by molar-refractivity contribution is -0.0496. The Morgan fingerprint density at radius 2 is 2.00 bits per heavy atom. The molecule has 0 saturated carbocycles. The van der Waals surface area contributed by atoms with Crippen LogP contribution in [-0.2, 0) is 34.7 Å². The molecule has 0 aliphatic carbocycles. The maximum Gasteiger partial charge on any atom is 0.582 e. The second-order valence-corrected chi connectivity index (χ2v) is 15.8. The number of nitrogens with two attached hydrogens (primary N) is 2. The Bertz CT molecular complexity index is 1910. The number of alkyl halides is 2. The Morgan fingerprint density at radius 3 is 2.76 bits per heavy atom. The highest BCUT2D eigenvalue weighted by Crippen LogP contribution is 2.56. The summed E-state index contributed by atoms with van der Waals surface area (Å²) >= 11 is 9.91. The summed E-state index contributed by atoms with van der Waals surface area (Å²) in [5.41, 5.74) is 8.92. The predicted molar refractivity (Wildman–Crippen MR) is 167 cm³/mol. The zero-order valence-corrected chi connectivity index (χ0v) is 27.4. The molecule has 0 radical (unpaired) electrons. The number of thioether (sulfide) groups is 1. The molecule has 6 rings (SSSR count). The van der Waals surface area contributed by atoms with Crippen LogP contribution in [0.25, 0.3) is 22.3 Å². The van der Waals surface area contributed by atoms with E-state index in [1.807, 2.05) is 0 Å². The van der Waals surface area contributed by atoms with Crippen LogP contribution in [0.15, 0.2) is 23.8 Å². The lowest BCUT2D eigenvalue weighted by Gasteiger charge is -2.32. The lowest BCUT2D eigenvalue weighted by Crippen LogP contribution is -2.41. The highest BCUT2D eigenvalue weighted by molar-refractivity contribution is 8.39. The maximum atomic E-state index is 16.5. The topological polar surface area (TPSA) is 254 Å². The van der Waals surface area contributed by atoms with Gasteiger partial charge in [-0.2, -0.15) is 4.98 Å². The number of H-pyrrole nitrogens is 1. The fraction of sp³-hybridized carbons (Fsp3) is 0.524. The van der Waals surface area contributed by atoms with Crippen molar-refractivity contribution in [3.63, 3.8) is 0 Å². The largest absolute Gasteiger partial charge is 0.582 e. The summed E-state index contributed by atoms with van der Waals surface area (Å²) in [7, 11) is -2.33. The fourth-order valence-corrected chi connectivity index (χ4v) is 8.69. The van der Waals surface area contributed by atoms with Gasteiger partial charge in [-0.1, -0.05) is 0 Å². The second-order valence-electron chi connectivity index (χ2n) is 10.2. The third-order valence-corrected chi connectivity index (χ3v) is 11.1. The molecule has 0 spiro atoms. The van der Waals surface area contributed by atoms with Crippen LogP contribution in [0.3, 0.4) is 0 Å². The van der Waals surface area contributed by atoms with Crippen LogP contribution in [0, 0.1) is 0 Å². The number of anilines is 2. The number of nitrogen functional groups attached to an aromatic ring is 2. The smallest absolute Gasteiger partial charge is 0.387 e. The lowest BCUT2D eigenvalue weighted by atomic mass is 9.97. The van der Waals surface area contributed by atoms with Gasteiger partial charge in [-0.25, -0.2) is 28.7 Å². The number of aromatic amines is 1. The molecule has 2 unspecified atom stereocenters. The quantitative estimate of drug-likeness (QED) is 0.0935. The number of aromatic nitrogens is 8. The molecule has 0 aromatic carbocycles. The Labute approximate surface area is 271 Å². The molecular formula is C21H25F2N10O8P2S3+. The van der Waals surface area contributed by atoms with Crippen LogP contribution >= 0.6 is 38.0 Å². The van der Waals surface area contributed by atoms with E-state index in [0.717, 1.165) is 18.1 Å². The number of aliphatic hydroxyl groups excluding tert-OH is 1. The third kappa shape index (κ3) is 6.38. The minimum absolute atomic E-state index is 0.0139. The van der Waals surface area contributed by atoms with Crippen molar-refractivity contribution < 1.29 is 41.7 Å². The van der Waals surface area contributed by atoms with Gasteiger partial charge in [-0.15, -0.1) is 16.3 Å². The number of hydrogen-bond acceptors (Lipinski definition) is 16. The molecule has 0 bridgehead atoms. The zero-order valence-electron chi connectivity index (χ0n) is 23.1. The number of aliphatic hydroxyl groups is 1. The van der Waals surface area contributed by atoms with E-state index in [1.165, 1.54) is 21.8 Å². The molecule has 25 heteroatoms. The summed E-state index contributed by atoms with van der Waals surface area (Å²) in [6, 6.07) is 0. The first-order valence-corrected chi connectivity index (χ1v) is 19.1. The summed E-state index contributed by atoms with van der Waals surface area (Å²) in [6.45, 7) is -5.34. The number of ether oxygens (including phenoxy) is 1. The Hall–Kier alpha value is -2.43. The van der Waals surface area contributed by atoms with Gasteiger partial charge in [0.05, 0.1) is 19.3 Å². The maximum absolute atomic E-state index is 16.5. The summed E-state index contributed by atoms with van der Waals surface area (Å²) in [5.74, 6) is -0.374. The molecule has 2 aliphatic heterocycles. The third-order valence-electron chi connectivity index (χ3n) is 7.31. The van der Waals surface area contributed by atoms with E-state index in [0.29, 0.717) is 0 Å². The van der Waals surface area contributed by atoms with E-state index in [1.54, 1.807) is 0 Å². The van der Waals surface area contributed by atoms with E-state index in [-0.39, 0.29) is 52.9 Å². The number of rotatable bonds is 11. The highest BCUT2D eigenvalue weighted by Gasteiger charge is 2.55. The Kier molecular flexibility index (Phi) is 9.37. The molecule has 9 atom stereocenters. The van der Waals surface area contributed by atoms with Crippen LogP contribution in [0.1, 0.15) is 18.0 Å². The van der Waals surface area contributed by atoms with Crippen molar-refractivity contribution in [3.8, 4) is 0 Å². The van der Waals surface area contributed by atoms with Crippen molar-refractivity contribution in [2.24, 2.45) is 0 Å². The second kappa shape index (κ2) is 12.9. The van der Waals surface area contributed by atoms with Crippen molar-refractivity contribution in [1.29, 1.82) is 0 Å². The van der Waals surface area contributed by atoms with Gasteiger partial charge in [-0.05, 0) is 16.4 Å². The minimum Gasteiger partial charge on any atom is -0.387 e. The van der Waals surface area contributed by atoms with Crippen molar-refractivity contribution in [3.05, 3.63) is 29.3 Å². The van der Waals surface area contributed by atoms with E-state index in [4.69, 9.17) is 41.6 Å². The van der Waals surface area contributed by atoms with E-state index in [9.17, 15) is 19.4 Å². The highest BCUT2D eigenvalue weighted by atomic mass is 32.7. The molecule has 4 aromatic heterocycles. The molecule has 6 heterocycles.